The summed E-state index contributed by atoms with van der Waals surface area (Å²) in [6, 6.07) is 5.56. The molecular formula is C13H21N3O. The lowest BCUT2D eigenvalue weighted by Gasteiger charge is -2.18. The van der Waals surface area contributed by atoms with Gasteiger partial charge in [0.1, 0.15) is 0 Å². The number of amides is 1. The number of carbonyl (C=O) groups is 1. The smallest absolute Gasteiger partial charge is 0.253 e. The van der Waals surface area contributed by atoms with Gasteiger partial charge in [0.25, 0.3) is 5.91 Å². The lowest BCUT2D eigenvalue weighted by Crippen LogP contribution is -2.39. The summed E-state index contributed by atoms with van der Waals surface area (Å²) in [4.78, 5) is 14.0. The predicted molar refractivity (Wildman–Crippen MR) is 71.1 cm³/mol. The molecule has 1 unspecified atom stereocenters. The van der Waals surface area contributed by atoms with Gasteiger partial charge in [0.05, 0.1) is 5.56 Å². The average molecular weight is 235 g/mol. The minimum absolute atomic E-state index is 0.0956. The maximum Gasteiger partial charge on any atom is 0.253 e. The predicted octanol–water partition coefficient (Wildman–Crippen LogP) is 1.26. The number of nitrogens with zero attached hydrogens (tertiary/aromatic N) is 1. The molecule has 1 amide bonds. The highest BCUT2D eigenvalue weighted by Crippen LogP contribution is 2.13. The van der Waals surface area contributed by atoms with Crippen molar-refractivity contribution in [2.24, 2.45) is 0 Å². The molecular weight excluding hydrogens is 214 g/mol. The van der Waals surface area contributed by atoms with Gasteiger partial charge in [-0.25, -0.2) is 0 Å². The Hall–Kier alpha value is -1.55. The first kappa shape index (κ1) is 13.5. The van der Waals surface area contributed by atoms with Gasteiger partial charge in [-0.2, -0.15) is 0 Å². The lowest BCUT2D eigenvalue weighted by atomic mass is 10.1. The molecule has 0 fully saturated rings. The van der Waals surface area contributed by atoms with Gasteiger partial charge >= 0.3 is 0 Å². The third kappa shape index (κ3) is 4.07. The zero-order chi connectivity index (χ0) is 13.0. The van der Waals surface area contributed by atoms with Crippen LogP contribution in [0.15, 0.2) is 18.2 Å². The van der Waals surface area contributed by atoms with Crippen LogP contribution in [0.4, 0.5) is 5.69 Å². The van der Waals surface area contributed by atoms with Crippen LogP contribution in [0, 0.1) is 6.92 Å². The van der Waals surface area contributed by atoms with Crippen molar-refractivity contribution in [3.05, 3.63) is 29.3 Å². The molecule has 0 saturated heterocycles. The first-order chi connectivity index (χ1) is 7.90. The van der Waals surface area contributed by atoms with Crippen LogP contribution < -0.4 is 11.1 Å². The Morgan fingerprint density at radius 1 is 1.47 bits per heavy atom. The fraction of sp³-hybridized carbons (Fsp3) is 0.462. The van der Waals surface area contributed by atoms with Crippen LogP contribution in [0.5, 0.6) is 0 Å². The minimum Gasteiger partial charge on any atom is -0.398 e. The number of benzene rings is 1. The number of aryl methyl sites for hydroxylation is 1. The zero-order valence-electron chi connectivity index (χ0n) is 10.9. The highest BCUT2D eigenvalue weighted by molar-refractivity contribution is 5.99. The molecule has 3 N–H and O–H groups in total. The second-order valence-corrected chi connectivity index (χ2v) is 4.73. The van der Waals surface area contributed by atoms with Gasteiger partial charge < -0.3 is 16.0 Å². The molecule has 0 spiro atoms. The standard InChI is InChI=1S/C13H21N3O/c1-9-5-6-11(12(14)7-9)13(17)15-10(2)8-16(3)4/h5-7,10H,8,14H2,1-4H3,(H,15,17). The van der Waals surface area contributed by atoms with Crippen molar-refractivity contribution in [1.29, 1.82) is 0 Å². The van der Waals surface area contributed by atoms with Gasteiger partial charge in [-0.15, -0.1) is 0 Å². The number of likely N-dealkylation sites (N-methyl/N-ethyl adjacent to an activating group) is 1. The molecule has 0 bridgehead atoms. The molecule has 0 aromatic heterocycles. The van der Waals surface area contributed by atoms with Crippen molar-refractivity contribution in [2.45, 2.75) is 19.9 Å². The van der Waals surface area contributed by atoms with Crippen molar-refractivity contribution in [3.63, 3.8) is 0 Å². The highest BCUT2D eigenvalue weighted by Gasteiger charge is 2.12. The van der Waals surface area contributed by atoms with Gasteiger partial charge in [-0.3, -0.25) is 4.79 Å². The molecule has 0 aliphatic heterocycles. The number of hydrogen-bond donors (Lipinski definition) is 2. The Morgan fingerprint density at radius 3 is 2.65 bits per heavy atom. The van der Waals surface area contributed by atoms with Crippen LogP contribution in [0.3, 0.4) is 0 Å². The van der Waals surface area contributed by atoms with E-state index in [0.717, 1.165) is 12.1 Å². The molecule has 1 rings (SSSR count). The second-order valence-electron chi connectivity index (χ2n) is 4.73. The fourth-order valence-corrected chi connectivity index (χ4v) is 1.78. The van der Waals surface area contributed by atoms with E-state index in [2.05, 4.69) is 5.32 Å². The first-order valence-corrected chi connectivity index (χ1v) is 5.72. The number of hydrogen-bond acceptors (Lipinski definition) is 3. The minimum atomic E-state index is -0.114. The summed E-state index contributed by atoms with van der Waals surface area (Å²) in [5.41, 5.74) is 7.95. The summed E-state index contributed by atoms with van der Waals surface area (Å²) in [5.74, 6) is -0.114. The van der Waals surface area contributed by atoms with Crippen LogP contribution in [0.1, 0.15) is 22.8 Å². The maximum atomic E-state index is 12.0. The SMILES string of the molecule is Cc1ccc(C(=O)NC(C)CN(C)C)c(N)c1. The molecule has 1 aromatic carbocycles. The summed E-state index contributed by atoms with van der Waals surface area (Å²) in [6.45, 7) is 4.73. The van der Waals surface area contributed by atoms with Crippen molar-refractivity contribution < 1.29 is 4.79 Å². The normalized spacial score (nSPS) is 12.5. The van der Waals surface area contributed by atoms with Crippen molar-refractivity contribution >= 4 is 11.6 Å². The summed E-state index contributed by atoms with van der Waals surface area (Å²) in [6.07, 6.45) is 0. The van der Waals surface area contributed by atoms with E-state index in [0.29, 0.717) is 11.3 Å². The summed E-state index contributed by atoms with van der Waals surface area (Å²) >= 11 is 0. The van der Waals surface area contributed by atoms with E-state index in [-0.39, 0.29) is 11.9 Å². The molecule has 4 heteroatoms. The van der Waals surface area contributed by atoms with Gasteiger partial charge in [-0.1, -0.05) is 6.07 Å². The summed E-state index contributed by atoms with van der Waals surface area (Å²) in [7, 11) is 3.95. The Kier molecular flexibility index (Phi) is 4.52. The number of nitrogen functional groups attached to an aromatic ring is 1. The molecule has 0 aliphatic carbocycles. The van der Waals surface area contributed by atoms with E-state index in [9.17, 15) is 4.79 Å². The van der Waals surface area contributed by atoms with Gasteiger partial charge in [0.2, 0.25) is 0 Å². The van der Waals surface area contributed by atoms with Crippen LogP contribution >= 0.6 is 0 Å². The van der Waals surface area contributed by atoms with Crippen LogP contribution in [-0.4, -0.2) is 37.5 Å². The lowest BCUT2D eigenvalue weighted by molar-refractivity contribution is 0.0935. The number of nitrogens with two attached hydrogens (primary N) is 1. The van der Waals surface area contributed by atoms with E-state index in [4.69, 9.17) is 5.73 Å². The topological polar surface area (TPSA) is 58.4 Å². The molecule has 0 aliphatic rings. The highest BCUT2D eigenvalue weighted by atomic mass is 16.1. The van der Waals surface area contributed by atoms with Crippen molar-refractivity contribution in [3.8, 4) is 0 Å². The maximum absolute atomic E-state index is 12.0. The summed E-state index contributed by atoms with van der Waals surface area (Å²) < 4.78 is 0. The monoisotopic (exact) mass is 235 g/mol. The number of anilines is 1. The quantitative estimate of drug-likeness (QED) is 0.772. The largest absolute Gasteiger partial charge is 0.398 e. The van der Waals surface area contributed by atoms with Gasteiger partial charge in [0.15, 0.2) is 0 Å². The molecule has 1 aromatic rings. The van der Waals surface area contributed by atoms with E-state index in [1.54, 1.807) is 6.07 Å². The molecule has 17 heavy (non-hydrogen) atoms. The average Bonchev–Trinajstić information content (AvgIpc) is 2.15. The Morgan fingerprint density at radius 2 is 2.12 bits per heavy atom. The van der Waals surface area contributed by atoms with E-state index >= 15 is 0 Å². The third-order valence-corrected chi connectivity index (χ3v) is 2.47. The second kappa shape index (κ2) is 5.68. The Balaban J connectivity index is 2.70. The number of rotatable bonds is 4. The Bertz CT molecular complexity index is 402. The van der Waals surface area contributed by atoms with E-state index < -0.39 is 0 Å². The van der Waals surface area contributed by atoms with Gasteiger partial charge in [-0.05, 0) is 45.6 Å². The molecule has 0 saturated carbocycles. The number of nitrogens with one attached hydrogen (secondary N) is 1. The fourth-order valence-electron chi connectivity index (χ4n) is 1.78. The number of carbonyl (C=O) groups excluding carboxylic acids is 1. The molecule has 1 atom stereocenters. The van der Waals surface area contributed by atoms with Gasteiger partial charge in [0, 0.05) is 18.3 Å². The Labute approximate surface area is 103 Å². The zero-order valence-corrected chi connectivity index (χ0v) is 10.9. The van der Waals surface area contributed by atoms with Crippen LogP contribution in [0.25, 0.3) is 0 Å². The third-order valence-electron chi connectivity index (χ3n) is 2.47. The van der Waals surface area contributed by atoms with Crippen LogP contribution in [0.2, 0.25) is 0 Å². The summed E-state index contributed by atoms with van der Waals surface area (Å²) in [5, 5.41) is 2.93. The molecule has 4 nitrogen and oxygen atoms in total. The van der Waals surface area contributed by atoms with E-state index in [1.165, 1.54) is 0 Å². The van der Waals surface area contributed by atoms with Crippen molar-refractivity contribution in [1.82, 2.24) is 10.2 Å². The first-order valence-electron chi connectivity index (χ1n) is 5.72. The van der Waals surface area contributed by atoms with Crippen LogP contribution in [-0.2, 0) is 0 Å². The van der Waals surface area contributed by atoms with E-state index in [1.807, 2.05) is 45.0 Å². The van der Waals surface area contributed by atoms with Crippen molar-refractivity contribution in [2.75, 3.05) is 26.4 Å². The molecule has 0 heterocycles. The molecule has 0 radical (unpaired) electrons. The molecule has 94 valence electrons.